The summed E-state index contributed by atoms with van der Waals surface area (Å²) in [6, 6.07) is 6.39. The van der Waals surface area contributed by atoms with Crippen molar-refractivity contribution in [3.05, 3.63) is 34.9 Å². The molecule has 0 spiro atoms. The first kappa shape index (κ1) is 16.2. The smallest absolute Gasteiger partial charge is 0.0719 e. The molecule has 0 amide bonds. The lowest BCUT2D eigenvalue weighted by atomic mass is 10.1. The monoisotopic (exact) mass is 263 g/mol. The molecule has 19 heavy (non-hydrogen) atoms. The van der Waals surface area contributed by atoms with E-state index in [1.807, 2.05) is 0 Å². The van der Waals surface area contributed by atoms with Crippen LogP contribution in [0.3, 0.4) is 0 Å². The molecule has 0 fully saturated rings. The summed E-state index contributed by atoms with van der Waals surface area (Å²) in [4.78, 5) is 0. The number of ether oxygens (including phenoxy) is 1. The van der Waals surface area contributed by atoms with Gasteiger partial charge in [-0.05, 0) is 30.0 Å². The van der Waals surface area contributed by atoms with E-state index in [-0.39, 0.29) is 0 Å². The molecular weight excluding hydrogens is 234 g/mol. The zero-order chi connectivity index (χ0) is 13.9. The standard InChI is InChI=1S/C17H29NO/c1-3-4-5-6-7-8-11-19-14-17-10-9-16(13-18)12-15(17)2/h9-10,12H,3-8,11,13-14,18H2,1-2H3. The summed E-state index contributed by atoms with van der Waals surface area (Å²) in [5.41, 5.74) is 9.38. The molecule has 2 heteroatoms. The van der Waals surface area contributed by atoms with Crippen LogP contribution in [0.15, 0.2) is 18.2 Å². The van der Waals surface area contributed by atoms with Gasteiger partial charge in [0.15, 0.2) is 0 Å². The minimum absolute atomic E-state index is 0.611. The van der Waals surface area contributed by atoms with Gasteiger partial charge in [0.2, 0.25) is 0 Å². The Morgan fingerprint density at radius 1 is 1.05 bits per heavy atom. The topological polar surface area (TPSA) is 35.2 Å². The van der Waals surface area contributed by atoms with E-state index >= 15 is 0 Å². The quantitative estimate of drug-likeness (QED) is 0.638. The van der Waals surface area contributed by atoms with Crippen LogP contribution in [0.5, 0.6) is 0 Å². The highest BCUT2D eigenvalue weighted by Gasteiger charge is 2.00. The second-order valence-corrected chi connectivity index (χ2v) is 5.29. The lowest BCUT2D eigenvalue weighted by Crippen LogP contribution is -2.01. The maximum absolute atomic E-state index is 5.75. The Balaban J connectivity index is 2.12. The van der Waals surface area contributed by atoms with Gasteiger partial charge >= 0.3 is 0 Å². The number of benzene rings is 1. The van der Waals surface area contributed by atoms with E-state index in [0.717, 1.165) is 13.2 Å². The average molecular weight is 263 g/mol. The van der Waals surface area contributed by atoms with Crippen LogP contribution < -0.4 is 5.73 Å². The van der Waals surface area contributed by atoms with Crippen LogP contribution in [0, 0.1) is 6.92 Å². The van der Waals surface area contributed by atoms with Gasteiger partial charge in [-0.1, -0.05) is 57.2 Å². The van der Waals surface area contributed by atoms with E-state index in [4.69, 9.17) is 10.5 Å². The Kier molecular flexibility index (Phi) is 8.52. The fourth-order valence-corrected chi connectivity index (χ4v) is 2.21. The van der Waals surface area contributed by atoms with Crippen molar-refractivity contribution in [2.45, 2.75) is 65.5 Å². The van der Waals surface area contributed by atoms with E-state index in [0.29, 0.717) is 6.54 Å². The summed E-state index contributed by atoms with van der Waals surface area (Å²) >= 11 is 0. The second-order valence-electron chi connectivity index (χ2n) is 5.29. The fraction of sp³-hybridized carbons (Fsp3) is 0.647. The van der Waals surface area contributed by atoms with Crippen molar-refractivity contribution in [3.8, 4) is 0 Å². The fourth-order valence-electron chi connectivity index (χ4n) is 2.21. The van der Waals surface area contributed by atoms with Gasteiger partial charge in [-0.3, -0.25) is 0 Å². The van der Waals surface area contributed by atoms with Crippen LogP contribution in [0.2, 0.25) is 0 Å². The minimum atomic E-state index is 0.611. The molecule has 0 radical (unpaired) electrons. The molecule has 108 valence electrons. The molecule has 0 aliphatic rings. The highest BCUT2D eigenvalue weighted by Crippen LogP contribution is 2.12. The van der Waals surface area contributed by atoms with Crippen molar-refractivity contribution in [1.82, 2.24) is 0 Å². The molecule has 0 atom stereocenters. The Hall–Kier alpha value is -0.860. The SMILES string of the molecule is CCCCCCCCOCc1ccc(CN)cc1C. The summed E-state index contributed by atoms with van der Waals surface area (Å²) < 4.78 is 5.75. The van der Waals surface area contributed by atoms with E-state index in [1.54, 1.807) is 0 Å². The van der Waals surface area contributed by atoms with E-state index in [9.17, 15) is 0 Å². The normalized spacial score (nSPS) is 10.9. The first-order valence-electron chi connectivity index (χ1n) is 7.64. The van der Waals surface area contributed by atoms with Crippen LogP contribution in [0.4, 0.5) is 0 Å². The van der Waals surface area contributed by atoms with Gasteiger partial charge in [0.1, 0.15) is 0 Å². The van der Waals surface area contributed by atoms with Gasteiger partial charge in [-0.25, -0.2) is 0 Å². The Morgan fingerprint density at radius 2 is 1.79 bits per heavy atom. The number of unbranched alkanes of at least 4 members (excludes halogenated alkanes) is 5. The summed E-state index contributed by atoms with van der Waals surface area (Å²) in [5, 5.41) is 0. The maximum Gasteiger partial charge on any atom is 0.0719 e. The van der Waals surface area contributed by atoms with Crippen LogP contribution >= 0.6 is 0 Å². The average Bonchev–Trinajstić information content (AvgIpc) is 2.43. The van der Waals surface area contributed by atoms with Crippen molar-refractivity contribution in [2.24, 2.45) is 5.73 Å². The number of hydrogen-bond acceptors (Lipinski definition) is 2. The maximum atomic E-state index is 5.75. The van der Waals surface area contributed by atoms with Crippen molar-refractivity contribution >= 4 is 0 Å². The first-order chi connectivity index (χ1) is 9.27. The molecular formula is C17H29NO. The molecule has 1 aromatic carbocycles. The molecule has 1 rings (SSSR count). The van der Waals surface area contributed by atoms with Crippen molar-refractivity contribution in [3.63, 3.8) is 0 Å². The van der Waals surface area contributed by atoms with Gasteiger partial charge in [0, 0.05) is 13.2 Å². The van der Waals surface area contributed by atoms with Crippen LogP contribution in [0.25, 0.3) is 0 Å². The molecule has 0 aliphatic heterocycles. The lowest BCUT2D eigenvalue weighted by molar-refractivity contribution is 0.116. The summed E-state index contributed by atoms with van der Waals surface area (Å²) in [7, 11) is 0. The van der Waals surface area contributed by atoms with E-state index in [1.165, 1.54) is 55.2 Å². The first-order valence-corrected chi connectivity index (χ1v) is 7.64. The van der Waals surface area contributed by atoms with Gasteiger partial charge in [-0.2, -0.15) is 0 Å². The highest BCUT2D eigenvalue weighted by atomic mass is 16.5. The number of rotatable bonds is 10. The molecule has 0 bridgehead atoms. The predicted octanol–water partition coefficient (Wildman–Crippen LogP) is 4.33. The Morgan fingerprint density at radius 3 is 2.47 bits per heavy atom. The third-order valence-electron chi connectivity index (χ3n) is 3.54. The zero-order valence-electron chi connectivity index (χ0n) is 12.6. The van der Waals surface area contributed by atoms with Gasteiger partial charge in [0.05, 0.1) is 6.61 Å². The zero-order valence-corrected chi connectivity index (χ0v) is 12.6. The minimum Gasteiger partial charge on any atom is -0.377 e. The van der Waals surface area contributed by atoms with E-state index < -0.39 is 0 Å². The van der Waals surface area contributed by atoms with Crippen molar-refractivity contribution in [1.29, 1.82) is 0 Å². The van der Waals surface area contributed by atoms with Crippen molar-refractivity contribution in [2.75, 3.05) is 6.61 Å². The second kappa shape index (κ2) is 9.99. The molecule has 0 heterocycles. The van der Waals surface area contributed by atoms with Gasteiger partial charge in [-0.15, -0.1) is 0 Å². The van der Waals surface area contributed by atoms with Crippen LogP contribution in [-0.4, -0.2) is 6.61 Å². The summed E-state index contributed by atoms with van der Waals surface area (Å²) in [6.45, 7) is 6.60. The van der Waals surface area contributed by atoms with Crippen molar-refractivity contribution < 1.29 is 4.74 Å². The molecule has 0 saturated heterocycles. The third kappa shape index (κ3) is 6.74. The molecule has 2 N–H and O–H groups in total. The Labute approximate surface area is 118 Å². The molecule has 2 nitrogen and oxygen atoms in total. The molecule has 1 aromatic rings. The Bertz CT molecular complexity index is 349. The lowest BCUT2D eigenvalue weighted by Gasteiger charge is -2.09. The number of hydrogen-bond donors (Lipinski definition) is 1. The summed E-state index contributed by atoms with van der Waals surface area (Å²) in [5.74, 6) is 0. The van der Waals surface area contributed by atoms with Crippen LogP contribution in [0.1, 0.15) is 62.1 Å². The third-order valence-corrected chi connectivity index (χ3v) is 3.54. The number of aryl methyl sites for hydroxylation is 1. The largest absolute Gasteiger partial charge is 0.377 e. The highest BCUT2D eigenvalue weighted by molar-refractivity contribution is 5.30. The predicted molar refractivity (Wildman–Crippen MR) is 82.1 cm³/mol. The number of nitrogens with two attached hydrogens (primary N) is 1. The van der Waals surface area contributed by atoms with E-state index in [2.05, 4.69) is 32.0 Å². The van der Waals surface area contributed by atoms with Gasteiger partial charge < -0.3 is 10.5 Å². The van der Waals surface area contributed by atoms with Gasteiger partial charge in [0.25, 0.3) is 0 Å². The molecule has 0 aromatic heterocycles. The molecule has 0 aliphatic carbocycles. The molecule has 0 saturated carbocycles. The summed E-state index contributed by atoms with van der Waals surface area (Å²) in [6.07, 6.45) is 7.88. The molecule has 0 unspecified atom stereocenters. The van der Waals surface area contributed by atoms with Crippen LogP contribution in [-0.2, 0) is 17.9 Å².